The van der Waals surface area contributed by atoms with Crippen LogP contribution in [0.4, 0.5) is 13.2 Å². The number of nitrogens with zero attached hydrogens (tertiary/aromatic N) is 1. The highest BCUT2D eigenvalue weighted by Gasteiger charge is 2.35. The molecule has 1 aromatic carbocycles. The van der Waals surface area contributed by atoms with Crippen LogP contribution in [0.1, 0.15) is 30.6 Å². The van der Waals surface area contributed by atoms with Crippen molar-refractivity contribution in [3.8, 4) is 0 Å². The fourth-order valence-corrected chi connectivity index (χ4v) is 3.11. The number of halogens is 3. The molecule has 1 atom stereocenters. The summed E-state index contributed by atoms with van der Waals surface area (Å²) in [6, 6.07) is 1.40. The maximum Gasteiger partial charge on any atom is 0.416 e. The van der Waals surface area contributed by atoms with Crippen LogP contribution in [0, 0.1) is 0 Å². The van der Waals surface area contributed by atoms with Gasteiger partial charge < -0.3 is 10.1 Å². The van der Waals surface area contributed by atoms with Crippen molar-refractivity contribution in [1.82, 2.24) is 9.55 Å². The van der Waals surface area contributed by atoms with E-state index in [0.717, 1.165) is 12.3 Å². The zero-order valence-electron chi connectivity index (χ0n) is 13.2. The third-order valence-electron chi connectivity index (χ3n) is 3.57. The first-order valence-corrected chi connectivity index (χ1v) is 9.15. The van der Waals surface area contributed by atoms with E-state index in [1.165, 1.54) is 6.92 Å². The van der Waals surface area contributed by atoms with Crippen molar-refractivity contribution in [2.24, 2.45) is 0 Å². The van der Waals surface area contributed by atoms with Crippen LogP contribution in [0.15, 0.2) is 21.7 Å². The number of rotatable bonds is 4. The van der Waals surface area contributed by atoms with Gasteiger partial charge in [-0.05, 0) is 24.1 Å². The number of H-pyrrole nitrogens is 1. The molecule has 0 saturated carbocycles. The molecule has 0 aliphatic carbocycles. The fourth-order valence-electron chi connectivity index (χ4n) is 2.41. The Hall–Kier alpha value is -2.14. The van der Waals surface area contributed by atoms with E-state index >= 15 is 0 Å². The second-order valence-electron chi connectivity index (χ2n) is 5.63. The van der Waals surface area contributed by atoms with Crippen molar-refractivity contribution in [3.05, 3.63) is 44.1 Å². The summed E-state index contributed by atoms with van der Waals surface area (Å²) in [5.41, 5.74) is -4.27. The van der Waals surface area contributed by atoms with Gasteiger partial charge in [-0.1, -0.05) is 6.92 Å². The summed E-state index contributed by atoms with van der Waals surface area (Å²) in [5.74, 6) is -0.913. The van der Waals surface area contributed by atoms with Gasteiger partial charge in [0.2, 0.25) is 0 Å². The van der Waals surface area contributed by atoms with Crippen molar-refractivity contribution in [3.63, 3.8) is 0 Å². The van der Waals surface area contributed by atoms with Gasteiger partial charge >= 0.3 is 11.9 Å². The predicted octanol–water partition coefficient (Wildman–Crippen LogP) is 1.15. The molecule has 1 unspecified atom stereocenters. The Labute approximate surface area is 139 Å². The SMILES string of the molecule is CCC(O)c1cc2c(=O)n(CS(C)(=O)=O)c(=O)[nH]c2cc1C(F)(F)F. The standard InChI is InChI=1S/C14H15F3N2O5S/c1-3-11(20)7-4-8-10(5-9(7)14(15,16)17)18-13(22)19(12(8)21)6-25(2,23)24/h4-5,11,20H,3,6H2,1-2H3,(H,18,22). The number of nitrogens with one attached hydrogen (secondary N) is 1. The summed E-state index contributed by atoms with van der Waals surface area (Å²) in [6.45, 7) is 1.46. The molecule has 2 N–H and O–H groups in total. The number of aliphatic hydroxyl groups is 1. The van der Waals surface area contributed by atoms with Gasteiger partial charge in [0.25, 0.3) is 5.56 Å². The molecule has 0 aliphatic heterocycles. The average molecular weight is 380 g/mol. The Morgan fingerprint density at radius 2 is 1.88 bits per heavy atom. The fraction of sp³-hybridized carbons (Fsp3) is 0.429. The first-order chi connectivity index (χ1) is 11.3. The largest absolute Gasteiger partial charge is 0.416 e. The number of sulfone groups is 1. The van der Waals surface area contributed by atoms with Crippen molar-refractivity contribution < 1.29 is 26.7 Å². The second-order valence-corrected chi connectivity index (χ2v) is 7.73. The average Bonchev–Trinajstić information content (AvgIpc) is 2.47. The zero-order chi connectivity index (χ0) is 19.2. The third-order valence-corrected chi connectivity index (χ3v) is 4.29. The summed E-state index contributed by atoms with van der Waals surface area (Å²) in [4.78, 5) is 26.3. The van der Waals surface area contributed by atoms with Crippen LogP contribution >= 0.6 is 0 Å². The van der Waals surface area contributed by atoms with Crippen molar-refractivity contribution in [1.29, 1.82) is 0 Å². The Kier molecular flexibility index (Phi) is 4.83. The van der Waals surface area contributed by atoms with Gasteiger partial charge in [0, 0.05) is 6.26 Å². The quantitative estimate of drug-likeness (QED) is 0.827. The van der Waals surface area contributed by atoms with Crippen molar-refractivity contribution in [2.75, 3.05) is 6.26 Å². The molecule has 138 valence electrons. The van der Waals surface area contributed by atoms with Gasteiger partial charge in [0.15, 0.2) is 9.84 Å². The lowest BCUT2D eigenvalue weighted by atomic mass is 9.98. The molecule has 0 spiro atoms. The minimum atomic E-state index is -4.81. The minimum Gasteiger partial charge on any atom is -0.388 e. The molecule has 1 heterocycles. The second kappa shape index (κ2) is 6.30. The van der Waals surface area contributed by atoms with Crippen LogP contribution in [0.5, 0.6) is 0 Å². The number of fused-ring (bicyclic) bond motifs is 1. The smallest absolute Gasteiger partial charge is 0.388 e. The molecule has 25 heavy (non-hydrogen) atoms. The van der Waals surface area contributed by atoms with E-state index in [1.807, 2.05) is 0 Å². The normalized spacial score (nSPS) is 14.0. The number of aromatic nitrogens is 2. The first-order valence-electron chi connectivity index (χ1n) is 7.09. The van der Waals surface area contributed by atoms with Gasteiger partial charge in [-0.15, -0.1) is 0 Å². The summed E-state index contributed by atoms with van der Waals surface area (Å²) >= 11 is 0. The number of benzene rings is 1. The molecule has 0 amide bonds. The molecule has 0 radical (unpaired) electrons. The molecular formula is C14H15F3N2O5S. The lowest BCUT2D eigenvalue weighted by Gasteiger charge is -2.17. The molecule has 2 rings (SSSR count). The van der Waals surface area contributed by atoms with Gasteiger partial charge in [-0.2, -0.15) is 13.2 Å². The summed E-state index contributed by atoms with van der Waals surface area (Å²) in [6.07, 6.45) is -5.51. The van der Waals surface area contributed by atoms with E-state index in [4.69, 9.17) is 0 Å². The van der Waals surface area contributed by atoms with Gasteiger partial charge in [0.05, 0.1) is 22.6 Å². The Morgan fingerprint density at radius 3 is 2.36 bits per heavy atom. The highest BCUT2D eigenvalue weighted by Crippen LogP contribution is 2.36. The van der Waals surface area contributed by atoms with Gasteiger partial charge in [-0.3, -0.25) is 4.79 Å². The maximum atomic E-state index is 13.2. The summed E-state index contributed by atoms with van der Waals surface area (Å²) < 4.78 is 62.7. The molecule has 1 aromatic heterocycles. The summed E-state index contributed by atoms with van der Waals surface area (Å²) in [7, 11) is -3.74. The first kappa shape index (κ1) is 19.2. The van der Waals surface area contributed by atoms with Crippen molar-refractivity contribution >= 4 is 20.7 Å². The number of hydrogen-bond acceptors (Lipinski definition) is 5. The monoisotopic (exact) mass is 380 g/mol. The Bertz CT molecular complexity index is 1040. The van der Waals surface area contributed by atoms with E-state index < -0.39 is 50.4 Å². The lowest BCUT2D eigenvalue weighted by Crippen LogP contribution is -2.37. The van der Waals surface area contributed by atoms with Crippen LogP contribution in [0.25, 0.3) is 10.9 Å². The maximum absolute atomic E-state index is 13.2. The zero-order valence-corrected chi connectivity index (χ0v) is 14.0. The van der Waals surface area contributed by atoms with E-state index in [0.29, 0.717) is 10.6 Å². The molecule has 0 saturated heterocycles. The lowest BCUT2D eigenvalue weighted by molar-refractivity contribution is -0.139. The topological polar surface area (TPSA) is 109 Å². The van der Waals surface area contributed by atoms with Crippen LogP contribution < -0.4 is 11.2 Å². The molecule has 0 aliphatic rings. The van der Waals surface area contributed by atoms with E-state index in [2.05, 4.69) is 4.98 Å². The number of aromatic amines is 1. The van der Waals surface area contributed by atoms with Crippen LogP contribution in [-0.2, 0) is 21.9 Å². The van der Waals surface area contributed by atoms with E-state index in [1.54, 1.807) is 0 Å². The molecule has 11 heteroatoms. The number of hydrogen-bond donors (Lipinski definition) is 2. The highest BCUT2D eigenvalue weighted by atomic mass is 32.2. The van der Waals surface area contributed by atoms with E-state index in [9.17, 15) is 36.3 Å². The molecule has 0 bridgehead atoms. The molecule has 7 nitrogen and oxygen atoms in total. The van der Waals surface area contributed by atoms with Crippen LogP contribution in [-0.4, -0.2) is 29.3 Å². The Balaban J connectivity index is 2.90. The van der Waals surface area contributed by atoms with Crippen LogP contribution in [0.3, 0.4) is 0 Å². The number of alkyl halides is 3. The highest BCUT2D eigenvalue weighted by molar-refractivity contribution is 7.89. The third kappa shape index (κ3) is 3.93. The van der Waals surface area contributed by atoms with E-state index in [-0.39, 0.29) is 17.3 Å². The molecular weight excluding hydrogens is 365 g/mol. The molecule has 2 aromatic rings. The summed E-state index contributed by atoms with van der Waals surface area (Å²) in [5, 5.41) is 9.54. The predicted molar refractivity (Wildman–Crippen MR) is 83.9 cm³/mol. The minimum absolute atomic E-state index is 0.0323. The van der Waals surface area contributed by atoms with Gasteiger partial charge in [-0.25, -0.2) is 17.8 Å². The molecule has 0 fully saturated rings. The Morgan fingerprint density at radius 1 is 1.28 bits per heavy atom. The van der Waals surface area contributed by atoms with Gasteiger partial charge in [0.1, 0.15) is 5.88 Å². The van der Waals surface area contributed by atoms with Crippen molar-refractivity contribution in [2.45, 2.75) is 31.5 Å². The number of aliphatic hydroxyl groups excluding tert-OH is 1. The van der Waals surface area contributed by atoms with Crippen LogP contribution in [0.2, 0.25) is 0 Å².